The van der Waals surface area contributed by atoms with Crippen LogP contribution in [0.25, 0.3) is 16.7 Å². The number of benzene rings is 1. The predicted molar refractivity (Wildman–Crippen MR) is 95.8 cm³/mol. The van der Waals surface area contributed by atoms with Gasteiger partial charge in [0.15, 0.2) is 11.5 Å². The summed E-state index contributed by atoms with van der Waals surface area (Å²) in [6.07, 6.45) is 2.28. The number of pyridine rings is 1. The van der Waals surface area contributed by atoms with Crippen LogP contribution >= 0.6 is 0 Å². The Kier molecular flexibility index (Phi) is 4.51. The van der Waals surface area contributed by atoms with E-state index in [4.69, 9.17) is 4.74 Å². The third-order valence-corrected chi connectivity index (χ3v) is 4.16. The quantitative estimate of drug-likeness (QED) is 0.541. The van der Waals surface area contributed by atoms with Crippen molar-refractivity contribution in [3.05, 3.63) is 59.6 Å². The molecule has 0 fully saturated rings. The van der Waals surface area contributed by atoms with Gasteiger partial charge in [-0.1, -0.05) is 0 Å². The van der Waals surface area contributed by atoms with Crippen molar-refractivity contribution in [1.82, 2.24) is 29.9 Å². The summed E-state index contributed by atoms with van der Waals surface area (Å²) in [6, 6.07) is 7.84. The summed E-state index contributed by atoms with van der Waals surface area (Å²) >= 11 is 0. The molecule has 138 valence electrons. The molecule has 0 unspecified atom stereocenters. The summed E-state index contributed by atoms with van der Waals surface area (Å²) in [6.45, 7) is 0.681. The van der Waals surface area contributed by atoms with Crippen molar-refractivity contribution in [1.29, 1.82) is 0 Å². The second kappa shape index (κ2) is 7.12. The van der Waals surface area contributed by atoms with Gasteiger partial charge in [0, 0.05) is 26.3 Å². The molecule has 8 nitrogen and oxygen atoms in total. The molecule has 0 aliphatic rings. The Morgan fingerprint density at radius 3 is 3.07 bits per heavy atom. The van der Waals surface area contributed by atoms with Crippen LogP contribution in [0, 0.1) is 5.82 Å². The molecule has 0 aliphatic carbocycles. The van der Waals surface area contributed by atoms with E-state index in [0.29, 0.717) is 53.5 Å². The molecule has 3 aromatic heterocycles. The molecular weight excluding hydrogens is 351 g/mol. The fraction of sp³-hybridized carbons (Fsp3) is 0.222. The molecule has 9 heteroatoms. The Morgan fingerprint density at radius 2 is 2.22 bits per heavy atom. The Hall–Kier alpha value is -3.33. The number of methoxy groups -OCH3 is 1. The average Bonchev–Trinajstić information content (AvgIpc) is 3.25. The number of aromatic amines is 1. The summed E-state index contributed by atoms with van der Waals surface area (Å²) in [5.41, 5.74) is 2.23. The van der Waals surface area contributed by atoms with Gasteiger partial charge in [-0.05, 0) is 30.3 Å². The van der Waals surface area contributed by atoms with E-state index in [-0.39, 0.29) is 11.7 Å². The number of rotatable bonds is 6. The molecule has 0 radical (unpaired) electrons. The van der Waals surface area contributed by atoms with E-state index in [1.807, 2.05) is 0 Å². The third kappa shape index (κ3) is 3.36. The summed E-state index contributed by atoms with van der Waals surface area (Å²) in [4.78, 5) is 20.0. The fourth-order valence-electron chi connectivity index (χ4n) is 2.91. The third-order valence-electron chi connectivity index (χ3n) is 4.16. The van der Waals surface area contributed by atoms with Crippen molar-refractivity contribution in [2.75, 3.05) is 13.7 Å². The molecule has 0 saturated heterocycles. The van der Waals surface area contributed by atoms with Crippen molar-refractivity contribution >= 4 is 22.6 Å². The predicted octanol–water partition coefficient (Wildman–Crippen LogP) is 1.86. The highest BCUT2D eigenvalue weighted by atomic mass is 19.1. The number of hydrogen-bond donors (Lipinski definition) is 2. The van der Waals surface area contributed by atoms with Crippen LogP contribution in [-0.4, -0.2) is 44.1 Å². The number of halogens is 1. The molecule has 0 saturated carbocycles. The number of amides is 1. The Labute approximate surface area is 153 Å². The van der Waals surface area contributed by atoms with Crippen LogP contribution in [0.1, 0.15) is 22.0 Å². The molecule has 0 bridgehead atoms. The van der Waals surface area contributed by atoms with Crippen molar-refractivity contribution in [2.24, 2.45) is 0 Å². The standard InChI is InChI=1S/C18H17FN6O2/c1-27-10-16-23-24-17-12(3-2-8-25(16)17)18(26)20-7-6-15-21-13-5-4-11(19)9-14(13)22-15/h2-5,8-9H,6-7,10H2,1H3,(H,20,26)(H,21,22). The van der Waals surface area contributed by atoms with E-state index in [0.717, 1.165) is 0 Å². The molecular formula is C18H17FN6O2. The lowest BCUT2D eigenvalue weighted by Crippen LogP contribution is -2.26. The van der Waals surface area contributed by atoms with E-state index in [9.17, 15) is 9.18 Å². The second-order valence-electron chi connectivity index (χ2n) is 6.02. The number of ether oxygens (including phenoxy) is 1. The van der Waals surface area contributed by atoms with E-state index in [1.54, 1.807) is 35.9 Å². The van der Waals surface area contributed by atoms with Gasteiger partial charge in [0.2, 0.25) is 0 Å². The number of imidazole rings is 1. The number of hydrogen-bond acceptors (Lipinski definition) is 5. The van der Waals surface area contributed by atoms with Gasteiger partial charge in [0.25, 0.3) is 5.91 Å². The lowest BCUT2D eigenvalue weighted by atomic mass is 10.2. The molecule has 0 spiro atoms. The average molecular weight is 368 g/mol. The molecule has 0 aliphatic heterocycles. The molecule has 4 rings (SSSR count). The van der Waals surface area contributed by atoms with Gasteiger partial charge < -0.3 is 15.0 Å². The largest absolute Gasteiger partial charge is 0.377 e. The van der Waals surface area contributed by atoms with Crippen LogP contribution in [0.3, 0.4) is 0 Å². The van der Waals surface area contributed by atoms with Crippen LogP contribution in [0.4, 0.5) is 4.39 Å². The van der Waals surface area contributed by atoms with Crippen LogP contribution in [-0.2, 0) is 17.8 Å². The highest BCUT2D eigenvalue weighted by Gasteiger charge is 2.14. The smallest absolute Gasteiger partial charge is 0.255 e. The zero-order valence-corrected chi connectivity index (χ0v) is 14.6. The van der Waals surface area contributed by atoms with Crippen molar-refractivity contribution in [3.63, 3.8) is 0 Å². The van der Waals surface area contributed by atoms with E-state index in [1.165, 1.54) is 12.1 Å². The highest BCUT2D eigenvalue weighted by molar-refractivity contribution is 5.99. The Balaban J connectivity index is 1.45. The van der Waals surface area contributed by atoms with Gasteiger partial charge in [0.05, 0.1) is 16.6 Å². The maximum absolute atomic E-state index is 13.2. The van der Waals surface area contributed by atoms with Gasteiger partial charge >= 0.3 is 0 Å². The first kappa shape index (κ1) is 17.1. The summed E-state index contributed by atoms with van der Waals surface area (Å²) in [7, 11) is 1.57. The van der Waals surface area contributed by atoms with Gasteiger partial charge in [-0.3, -0.25) is 9.20 Å². The number of H-pyrrole nitrogens is 1. The van der Waals surface area contributed by atoms with E-state index >= 15 is 0 Å². The first-order valence-corrected chi connectivity index (χ1v) is 8.39. The van der Waals surface area contributed by atoms with Gasteiger partial charge in [-0.25, -0.2) is 9.37 Å². The first-order chi connectivity index (χ1) is 13.2. The lowest BCUT2D eigenvalue weighted by molar-refractivity contribution is 0.0955. The number of nitrogens with one attached hydrogen (secondary N) is 2. The Morgan fingerprint density at radius 1 is 1.33 bits per heavy atom. The lowest BCUT2D eigenvalue weighted by Gasteiger charge is -2.05. The molecule has 3 heterocycles. The highest BCUT2D eigenvalue weighted by Crippen LogP contribution is 2.13. The normalized spacial score (nSPS) is 11.3. The van der Waals surface area contributed by atoms with Crippen LogP contribution < -0.4 is 5.32 Å². The number of nitrogens with zero attached hydrogens (tertiary/aromatic N) is 4. The van der Waals surface area contributed by atoms with Crippen LogP contribution in [0.5, 0.6) is 0 Å². The van der Waals surface area contributed by atoms with Gasteiger partial charge in [-0.15, -0.1) is 10.2 Å². The summed E-state index contributed by atoms with van der Waals surface area (Å²) in [5.74, 6) is 0.731. The van der Waals surface area contributed by atoms with Gasteiger partial charge in [-0.2, -0.15) is 0 Å². The molecule has 2 N–H and O–H groups in total. The molecule has 0 atom stereocenters. The minimum absolute atomic E-state index is 0.251. The maximum Gasteiger partial charge on any atom is 0.255 e. The number of carbonyl (C=O) groups is 1. The first-order valence-electron chi connectivity index (χ1n) is 8.39. The number of carbonyl (C=O) groups excluding carboxylic acids is 1. The molecule has 27 heavy (non-hydrogen) atoms. The SMILES string of the molecule is COCc1nnc2c(C(=O)NCCc3nc4ccc(F)cc4[nH]3)cccn12. The number of aromatic nitrogens is 5. The zero-order valence-electron chi connectivity index (χ0n) is 14.6. The monoisotopic (exact) mass is 368 g/mol. The Bertz CT molecular complexity index is 1120. The van der Waals surface area contributed by atoms with Crippen LogP contribution in [0.15, 0.2) is 36.5 Å². The number of fused-ring (bicyclic) bond motifs is 2. The summed E-state index contributed by atoms with van der Waals surface area (Å²) in [5, 5.41) is 11.0. The fourth-order valence-corrected chi connectivity index (χ4v) is 2.91. The van der Waals surface area contributed by atoms with Crippen LogP contribution in [0.2, 0.25) is 0 Å². The van der Waals surface area contributed by atoms with Crippen molar-refractivity contribution in [3.8, 4) is 0 Å². The topological polar surface area (TPSA) is 97.2 Å². The van der Waals surface area contributed by atoms with E-state index < -0.39 is 0 Å². The molecule has 4 aromatic rings. The second-order valence-corrected chi connectivity index (χ2v) is 6.02. The minimum atomic E-state index is -0.319. The van der Waals surface area contributed by atoms with Crippen molar-refractivity contribution < 1.29 is 13.9 Å². The molecule has 1 amide bonds. The van der Waals surface area contributed by atoms with E-state index in [2.05, 4.69) is 25.5 Å². The minimum Gasteiger partial charge on any atom is -0.377 e. The van der Waals surface area contributed by atoms with Gasteiger partial charge in [0.1, 0.15) is 18.2 Å². The maximum atomic E-state index is 13.2. The van der Waals surface area contributed by atoms with Crippen molar-refractivity contribution in [2.45, 2.75) is 13.0 Å². The summed E-state index contributed by atoms with van der Waals surface area (Å²) < 4.78 is 20.1. The zero-order chi connectivity index (χ0) is 18.8. The molecule has 1 aromatic carbocycles.